The van der Waals surface area contributed by atoms with Gasteiger partial charge in [0, 0.05) is 0 Å². The molecule has 1 aliphatic heterocycles. The highest BCUT2D eigenvalue weighted by Gasteiger charge is 2.28. The van der Waals surface area contributed by atoms with Gasteiger partial charge in [-0.2, -0.15) is 0 Å². The van der Waals surface area contributed by atoms with Crippen molar-refractivity contribution in [2.75, 3.05) is 13.2 Å². The van der Waals surface area contributed by atoms with Crippen molar-refractivity contribution in [1.82, 2.24) is 0 Å². The normalized spacial score (nSPS) is 22.8. The van der Waals surface area contributed by atoms with Crippen molar-refractivity contribution in [3.8, 4) is 0 Å². The molecule has 0 saturated heterocycles. The second-order valence-corrected chi connectivity index (χ2v) is 3.21. The first-order valence-corrected chi connectivity index (χ1v) is 4.85. The van der Waals surface area contributed by atoms with Crippen LogP contribution in [0.3, 0.4) is 0 Å². The first kappa shape index (κ1) is 12.6. The number of hydrogen-bond donors (Lipinski definition) is 3. The Labute approximate surface area is 93.0 Å². The van der Waals surface area contributed by atoms with Gasteiger partial charge >= 0.3 is 5.97 Å². The largest absolute Gasteiger partial charge is 0.452 e. The Kier molecular flexibility index (Phi) is 4.91. The lowest BCUT2D eigenvalue weighted by atomic mass is 10.1. The quantitative estimate of drug-likeness (QED) is 0.426. The van der Waals surface area contributed by atoms with Gasteiger partial charge in [-0.15, -0.1) is 0 Å². The van der Waals surface area contributed by atoms with Gasteiger partial charge in [0.15, 0.2) is 0 Å². The van der Waals surface area contributed by atoms with Gasteiger partial charge in [0.1, 0.15) is 12.2 Å². The van der Waals surface area contributed by atoms with E-state index in [-0.39, 0.29) is 6.61 Å². The van der Waals surface area contributed by atoms with Crippen molar-refractivity contribution in [3.05, 3.63) is 36.0 Å². The smallest absolute Gasteiger partial charge is 0.338 e. The first-order valence-electron chi connectivity index (χ1n) is 4.85. The average molecular weight is 226 g/mol. The van der Waals surface area contributed by atoms with E-state index in [0.29, 0.717) is 5.57 Å². The molecule has 5 nitrogen and oxygen atoms in total. The molecule has 0 aromatic heterocycles. The van der Waals surface area contributed by atoms with Gasteiger partial charge in [0.25, 0.3) is 0 Å². The summed E-state index contributed by atoms with van der Waals surface area (Å²) in [7, 11) is 0. The Morgan fingerprint density at radius 3 is 2.81 bits per heavy atom. The number of ether oxygens (including phenoxy) is 1. The second-order valence-electron chi connectivity index (χ2n) is 3.21. The summed E-state index contributed by atoms with van der Waals surface area (Å²) in [4.78, 5) is 11.3. The fraction of sp³-hybridized carbons (Fsp3) is 0.364. The predicted octanol–water partition coefficient (Wildman–Crippen LogP) is -0.704. The molecular weight excluding hydrogens is 212 g/mol. The zero-order chi connectivity index (χ0) is 12.0. The highest BCUT2D eigenvalue weighted by molar-refractivity contribution is 5.94. The molecule has 0 aromatic carbocycles. The van der Waals surface area contributed by atoms with Gasteiger partial charge in [-0.1, -0.05) is 18.2 Å². The minimum atomic E-state index is -1.09. The van der Waals surface area contributed by atoms with E-state index in [4.69, 9.17) is 14.9 Å². The molecule has 3 N–H and O–H groups in total. The Hall–Kier alpha value is -1.43. The molecule has 1 heterocycles. The van der Waals surface area contributed by atoms with Gasteiger partial charge in [0.2, 0.25) is 0 Å². The molecule has 0 aliphatic carbocycles. The third-order valence-electron chi connectivity index (χ3n) is 2.02. The van der Waals surface area contributed by atoms with Gasteiger partial charge in [0.05, 0.1) is 18.8 Å². The standard InChI is InChI=1S/C11H14O5/c12-5-3-1-2-4-8-6-10(9(14)7-13)16-11(8)15/h1-4,6,9-10,12-14H,5,7H2/b3-1+,4-2+/t9-,10-/m0/s1. The predicted molar refractivity (Wildman–Crippen MR) is 56.4 cm³/mol. The molecule has 1 rings (SSSR count). The Morgan fingerprint density at radius 2 is 2.19 bits per heavy atom. The zero-order valence-electron chi connectivity index (χ0n) is 8.61. The monoisotopic (exact) mass is 226 g/mol. The van der Waals surface area contributed by atoms with Gasteiger partial charge in [-0.25, -0.2) is 4.79 Å². The number of aliphatic hydroxyl groups excluding tert-OH is 3. The van der Waals surface area contributed by atoms with Crippen LogP contribution < -0.4 is 0 Å². The van der Waals surface area contributed by atoms with Crippen LogP contribution in [0.5, 0.6) is 0 Å². The highest BCUT2D eigenvalue weighted by atomic mass is 16.6. The van der Waals surface area contributed by atoms with Crippen molar-refractivity contribution in [3.63, 3.8) is 0 Å². The number of cyclic esters (lactones) is 1. The van der Waals surface area contributed by atoms with Crippen molar-refractivity contribution < 1.29 is 24.9 Å². The maximum atomic E-state index is 11.3. The summed E-state index contributed by atoms with van der Waals surface area (Å²) in [5.74, 6) is -0.536. The molecule has 0 radical (unpaired) electrons. The Balaban J connectivity index is 2.62. The maximum absolute atomic E-state index is 11.3. The summed E-state index contributed by atoms with van der Waals surface area (Å²) >= 11 is 0. The molecular formula is C11H14O5. The van der Waals surface area contributed by atoms with E-state index in [1.54, 1.807) is 12.2 Å². The number of carbonyl (C=O) groups is 1. The summed E-state index contributed by atoms with van der Waals surface area (Å²) in [6.07, 6.45) is 5.76. The number of rotatable bonds is 5. The van der Waals surface area contributed by atoms with Crippen LogP contribution in [0.15, 0.2) is 36.0 Å². The maximum Gasteiger partial charge on any atom is 0.338 e. The number of aliphatic hydroxyl groups is 3. The fourth-order valence-electron chi connectivity index (χ4n) is 1.19. The second kappa shape index (κ2) is 6.22. The SMILES string of the molecule is O=C1O[C@H]([C@@H](O)CO)C=C1/C=C/C=C/CO. The molecule has 16 heavy (non-hydrogen) atoms. The molecule has 0 unspecified atom stereocenters. The van der Waals surface area contributed by atoms with Crippen LogP contribution in [0.4, 0.5) is 0 Å². The summed E-state index contributed by atoms with van der Waals surface area (Å²) in [6.45, 7) is -0.532. The number of esters is 1. The first-order chi connectivity index (χ1) is 7.69. The van der Waals surface area contributed by atoms with Crippen molar-refractivity contribution in [2.45, 2.75) is 12.2 Å². The van der Waals surface area contributed by atoms with E-state index in [1.165, 1.54) is 18.2 Å². The average Bonchev–Trinajstić information content (AvgIpc) is 2.65. The third kappa shape index (κ3) is 3.30. The molecule has 0 amide bonds. The van der Waals surface area contributed by atoms with Gasteiger partial charge in [-0.05, 0) is 12.2 Å². The van der Waals surface area contributed by atoms with Crippen LogP contribution in [0, 0.1) is 0 Å². The van der Waals surface area contributed by atoms with E-state index in [0.717, 1.165) is 0 Å². The van der Waals surface area contributed by atoms with Crippen LogP contribution in [-0.2, 0) is 9.53 Å². The van der Waals surface area contributed by atoms with E-state index in [9.17, 15) is 9.90 Å². The molecule has 0 aromatic rings. The van der Waals surface area contributed by atoms with Crippen LogP contribution in [0.1, 0.15) is 0 Å². The van der Waals surface area contributed by atoms with Crippen LogP contribution >= 0.6 is 0 Å². The molecule has 5 heteroatoms. The van der Waals surface area contributed by atoms with Crippen molar-refractivity contribution in [1.29, 1.82) is 0 Å². The van der Waals surface area contributed by atoms with Crippen LogP contribution in [-0.4, -0.2) is 46.7 Å². The molecule has 0 spiro atoms. The van der Waals surface area contributed by atoms with Crippen molar-refractivity contribution >= 4 is 5.97 Å². The molecule has 0 fully saturated rings. The van der Waals surface area contributed by atoms with E-state index in [1.807, 2.05) is 0 Å². The molecule has 2 atom stereocenters. The Morgan fingerprint density at radius 1 is 1.44 bits per heavy atom. The van der Waals surface area contributed by atoms with Crippen molar-refractivity contribution in [2.24, 2.45) is 0 Å². The van der Waals surface area contributed by atoms with Crippen LogP contribution in [0.25, 0.3) is 0 Å². The van der Waals surface area contributed by atoms with E-state index >= 15 is 0 Å². The number of carbonyl (C=O) groups excluding carboxylic acids is 1. The molecule has 0 saturated carbocycles. The number of allylic oxidation sites excluding steroid dienone is 2. The van der Waals surface area contributed by atoms with Gasteiger partial charge < -0.3 is 20.1 Å². The third-order valence-corrected chi connectivity index (χ3v) is 2.02. The zero-order valence-corrected chi connectivity index (χ0v) is 8.61. The van der Waals surface area contributed by atoms with E-state index in [2.05, 4.69) is 0 Å². The molecule has 1 aliphatic rings. The molecule has 88 valence electrons. The number of hydrogen-bond acceptors (Lipinski definition) is 5. The van der Waals surface area contributed by atoms with Crippen LogP contribution in [0.2, 0.25) is 0 Å². The summed E-state index contributed by atoms with van der Waals surface area (Å²) < 4.78 is 4.82. The highest BCUT2D eigenvalue weighted by Crippen LogP contribution is 2.17. The minimum absolute atomic E-state index is 0.0698. The fourth-order valence-corrected chi connectivity index (χ4v) is 1.19. The molecule has 0 bridgehead atoms. The summed E-state index contributed by atoms with van der Waals surface area (Å²) in [6, 6.07) is 0. The Bertz CT molecular complexity index is 329. The lowest BCUT2D eigenvalue weighted by Crippen LogP contribution is -2.28. The lowest BCUT2D eigenvalue weighted by Gasteiger charge is -2.12. The minimum Gasteiger partial charge on any atom is -0.452 e. The lowest BCUT2D eigenvalue weighted by molar-refractivity contribution is -0.144. The summed E-state index contributed by atoms with van der Waals surface area (Å²) in [5.41, 5.74) is 0.320. The summed E-state index contributed by atoms with van der Waals surface area (Å²) in [5, 5.41) is 26.4. The van der Waals surface area contributed by atoms with E-state index < -0.39 is 24.8 Å². The van der Waals surface area contributed by atoms with Gasteiger partial charge in [-0.3, -0.25) is 0 Å². The topological polar surface area (TPSA) is 87.0 Å².